The maximum atomic E-state index is 12.6. The standard InChI is InChI=1S/C18H14N2O6S2/c1-11(21)19-13-6-8-14(9-7-13)28(24,25)26-15-5-3-2-4-12(15)10-16-17(22)20-18(23)27-16/h2-10H,1H3,(H,19,21)(H,20,22,23)/b16-10-. The summed E-state index contributed by atoms with van der Waals surface area (Å²) in [7, 11) is -4.16. The lowest BCUT2D eigenvalue weighted by molar-refractivity contribution is -0.115. The molecule has 144 valence electrons. The van der Waals surface area contributed by atoms with E-state index in [0.717, 1.165) is 11.8 Å². The average molecular weight is 418 g/mol. The molecule has 1 saturated heterocycles. The summed E-state index contributed by atoms with van der Waals surface area (Å²) >= 11 is 0.720. The molecular weight excluding hydrogens is 404 g/mol. The molecule has 10 heteroatoms. The van der Waals surface area contributed by atoms with Crippen molar-refractivity contribution >= 4 is 50.7 Å². The molecule has 3 amide bonds. The molecule has 2 N–H and O–H groups in total. The largest absolute Gasteiger partial charge is 0.378 e. The van der Waals surface area contributed by atoms with Gasteiger partial charge in [-0.05, 0) is 48.2 Å². The van der Waals surface area contributed by atoms with Gasteiger partial charge in [0, 0.05) is 18.2 Å². The van der Waals surface area contributed by atoms with Crippen LogP contribution in [0.3, 0.4) is 0 Å². The number of benzene rings is 2. The Morgan fingerprint density at radius 3 is 2.39 bits per heavy atom. The van der Waals surface area contributed by atoms with Gasteiger partial charge < -0.3 is 9.50 Å². The van der Waals surface area contributed by atoms with Gasteiger partial charge in [-0.25, -0.2) is 0 Å². The van der Waals surface area contributed by atoms with Gasteiger partial charge in [-0.2, -0.15) is 8.42 Å². The van der Waals surface area contributed by atoms with Crippen molar-refractivity contribution in [3.05, 3.63) is 59.0 Å². The summed E-state index contributed by atoms with van der Waals surface area (Å²) in [5.41, 5.74) is 0.777. The molecule has 1 heterocycles. The molecule has 1 aliphatic heterocycles. The number of hydrogen-bond donors (Lipinski definition) is 2. The number of imide groups is 1. The van der Waals surface area contributed by atoms with Gasteiger partial charge in [0.15, 0.2) is 0 Å². The van der Waals surface area contributed by atoms with Crippen molar-refractivity contribution in [2.75, 3.05) is 5.32 Å². The van der Waals surface area contributed by atoms with Crippen LogP contribution in [0.2, 0.25) is 0 Å². The molecule has 8 nitrogen and oxygen atoms in total. The second-order valence-corrected chi connectivity index (χ2v) is 8.19. The molecule has 3 rings (SSSR count). The molecule has 2 aromatic carbocycles. The van der Waals surface area contributed by atoms with Gasteiger partial charge in [0.05, 0.1) is 4.91 Å². The number of carbonyl (C=O) groups is 3. The van der Waals surface area contributed by atoms with Gasteiger partial charge in [-0.1, -0.05) is 18.2 Å². The average Bonchev–Trinajstić information content (AvgIpc) is 2.93. The highest BCUT2D eigenvalue weighted by molar-refractivity contribution is 8.18. The van der Waals surface area contributed by atoms with E-state index in [2.05, 4.69) is 10.6 Å². The lowest BCUT2D eigenvalue weighted by atomic mass is 10.2. The molecule has 0 unspecified atom stereocenters. The van der Waals surface area contributed by atoms with E-state index in [0.29, 0.717) is 11.3 Å². The molecular formula is C18H14N2O6S2. The molecule has 0 spiro atoms. The van der Waals surface area contributed by atoms with Crippen LogP contribution < -0.4 is 14.8 Å². The first-order chi connectivity index (χ1) is 13.2. The van der Waals surface area contributed by atoms with E-state index in [1.54, 1.807) is 18.2 Å². The SMILES string of the molecule is CC(=O)Nc1ccc(S(=O)(=O)Oc2ccccc2/C=C2\SC(=O)NC2=O)cc1. The number of thioether (sulfide) groups is 1. The molecule has 1 fully saturated rings. The van der Waals surface area contributed by atoms with Crippen LogP contribution in [0.4, 0.5) is 10.5 Å². The fourth-order valence-electron chi connectivity index (χ4n) is 2.31. The molecule has 0 atom stereocenters. The number of rotatable bonds is 5. The highest BCUT2D eigenvalue weighted by Crippen LogP contribution is 2.30. The Labute approximate surface area is 165 Å². The first kappa shape index (κ1) is 19.6. The highest BCUT2D eigenvalue weighted by atomic mass is 32.2. The molecule has 0 radical (unpaired) electrons. The van der Waals surface area contributed by atoms with Crippen molar-refractivity contribution < 1.29 is 27.0 Å². The topological polar surface area (TPSA) is 119 Å². The number of carbonyl (C=O) groups excluding carboxylic acids is 3. The monoisotopic (exact) mass is 418 g/mol. The minimum absolute atomic E-state index is 0.00804. The number of hydrogen-bond acceptors (Lipinski definition) is 7. The van der Waals surface area contributed by atoms with Crippen LogP contribution >= 0.6 is 11.8 Å². The maximum absolute atomic E-state index is 12.6. The van der Waals surface area contributed by atoms with Crippen LogP contribution in [0, 0.1) is 0 Å². The van der Waals surface area contributed by atoms with Crippen molar-refractivity contribution in [3.8, 4) is 5.75 Å². The predicted molar refractivity (Wildman–Crippen MR) is 104 cm³/mol. The minimum Gasteiger partial charge on any atom is -0.378 e. The van der Waals surface area contributed by atoms with Gasteiger partial charge in [0.1, 0.15) is 10.6 Å². The third-order valence-electron chi connectivity index (χ3n) is 3.51. The van der Waals surface area contributed by atoms with Crippen molar-refractivity contribution in [3.63, 3.8) is 0 Å². The van der Waals surface area contributed by atoms with Crippen molar-refractivity contribution in [2.45, 2.75) is 11.8 Å². The van der Waals surface area contributed by atoms with E-state index >= 15 is 0 Å². The van der Waals surface area contributed by atoms with Crippen molar-refractivity contribution in [2.24, 2.45) is 0 Å². The molecule has 1 aliphatic rings. The number of nitrogens with one attached hydrogen (secondary N) is 2. The molecule has 0 bridgehead atoms. The fourth-order valence-corrected chi connectivity index (χ4v) is 3.94. The van der Waals surface area contributed by atoms with E-state index in [4.69, 9.17) is 4.18 Å². The lowest BCUT2D eigenvalue weighted by Gasteiger charge is -2.10. The Kier molecular flexibility index (Phi) is 5.52. The van der Waals surface area contributed by atoms with Crippen LogP contribution in [-0.2, 0) is 19.7 Å². The molecule has 2 aromatic rings. The number of amides is 3. The summed E-state index contributed by atoms with van der Waals surface area (Å²) < 4.78 is 30.4. The van der Waals surface area contributed by atoms with Gasteiger partial charge >= 0.3 is 10.1 Å². The van der Waals surface area contributed by atoms with Crippen LogP contribution in [0.5, 0.6) is 5.75 Å². The summed E-state index contributed by atoms with van der Waals surface area (Å²) in [4.78, 5) is 34.1. The van der Waals surface area contributed by atoms with E-state index in [-0.39, 0.29) is 21.5 Å². The number of anilines is 1. The van der Waals surface area contributed by atoms with Gasteiger partial charge in [0.25, 0.3) is 11.1 Å². The Bertz CT molecular complexity index is 1090. The smallest absolute Gasteiger partial charge is 0.339 e. The second kappa shape index (κ2) is 7.87. The van der Waals surface area contributed by atoms with Gasteiger partial charge in [0.2, 0.25) is 5.91 Å². The normalized spacial score (nSPS) is 15.4. The zero-order chi connectivity index (χ0) is 20.3. The summed E-state index contributed by atoms with van der Waals surface area (Å²) in [6, 6.07) is 11.7. The Balaban J connectivity index is 1.87. The Morgan fingerprint density at radius 2 is 1.79 bits per heavy atom. The number of para-hydroxylation sites is 1. The zero-order valence-electron chi connectivity index (χ0n) is 14.5. The first-order valence-electron chi connectivity index (χ1n) is 7.90. The summed E-state index contributed by atoms with van der Waals surface area (Å²) in [6.45, 7) is 1.34. The van der Waals surface area contributed by atoms with E-state index in [1.807, 2.05) is 0 Å². The van der Waals surface area contributed by atoms with Crippen LogP contribution in [0.25, 0.3) is 6.08 Å². The molecule has 0 aromatic heterocycles. The molecule has 28 heavy (non-hydrogen) atoms. The summed E-state index contributed by atoms with van der Waals surface area (Å²) in [5, 5.41) is 4.17. The second-order valence-electron chi connectivity index (χ2n) is 5.63. The van der Waals surface area contributed by atoms with Crippen LogP contribution in [0.1, 0.15) is 12.5 Å². The van der Waals surface area contributed by atoms with Crippen molar-refractivity contribution in [1.29, 1.82) is 0 Å². The summed E-state index contributed by atoms with van der Waals surface area (Å²) in [6.07, 6.45) is 1.38. The summed E-state index contributed by atoms with van der Waals surface area (Å²) in [5.74, 6) is -0.823. The zero-order valence-corrected chi connectivity index (χ0v) is 16.1. The predicted octanol–water partition coefficient (Wildman–Crippen LogP) is 2.74. The van der Waals surface area contributed by atoms with E-state index in [1.165, 1.54) is 43.3 Å². The highest BCUT2D eigenvalue weighted by Gasteiger charge is 2.26. The van der Waals surface area contributed by atoms with Crippen LogP contribution in [0.15, 0.2) is 58.3 Å². The van der Waals surface area contributed by atoms with E-state index < -0.39 is 21.3 Å². The third-order valence-corrected chi connectivity index (χ3v) is 5.57. The minimum atomic E-state index is -4.16. The lowest BCUT2D eigenvalue weighted by Crippen LogP contribution is -2.17. The maximum Gasteiger partial charge on any atom is 0.339 e. The molecule has 0 saturated carbocycles. The van der Waals surface area contributed by atoms with Gasteiger partial charge in [-0.15, -0.1) is 0 Å². The van der Waals surface area contributed by atoms with Crippen molar-refractivity contribution in [1.82, 2.24) is 5.32 Å². The molecule has 0 aliphatic carbocycles. The first-order valence-corrected chi connectivity index (χ1v) is 10.1. The Hall–Kier alpha value is -3.11. The van der Waals surface area contributed by atoms with Crippen LogP contribution in [-0.4, -0.2) is 25.5 Å². The van der Waals surface area contributed by atoms with Gasteiger partial charge in [-0.3, -0.25) is 19.7 Å². The van der Waals surface area contributed by atoms with E-state index in [9.17, 15) is 22.8 Å². The fraction of sp³-hybridized carbons (Fsp3) is 0.0556. The Morgan fingerprint density at radius 1 is 1.11 bits per heavy atom. The quantitative estimate of drug-likeness (QED) is 0.566. The third kappa shape index (κ3) is 4.59.